The van der Waals surface area contributed by atoms with Gasteiger partial charge >= 0.3 is 5.97 Å². The van der Waals surface area contributed by atoms with Gasteiger partial charge in [-0.1, -0.05) is 19.9 Å². The van der Waals surface area contributed by atoms with Crippen LogP contribution in [0.5, 0.6) is 5.75 Å². The highest BCUT2D eigenvalue weighted by atomic mass is 16.4. The highest BCUT2D eigenvalue weighted by Gasteiger charge is 2.06. The molecule has 0 aromatic heterocycles. The van der Waals surface area contributed by atoms with Crippen molar-refractivity contribution in [2.24, 2.45) is 0 Å². The van der Waals surface area contributed by atoms with Gasteiger partial charge in [-0.2, -0.15) is 0 Å². The van der Waals surface area contributed by atoms with Crippen LogP contribution in [0, 0.1) is 0 Å². The van der Waals surface area contributed by atoms with Gasteiger partial charge in [0.1, 0.15) is 5.75 Å². The number of hydrogen-bond donors (Lipinski definition) is 2. The zero-order valence-electron chi connectivity index (χ0n) is 8.32. The summed E-state index contributed by atoms with van der Waals surface area (Å²) in [7, 11) is 0. The van der Waals surface area contributed by atoms with E-state index in [9.17, 15) is 9.90 Å². The molecule has 0 aliphatic rings. The van der Waals surface area contributed by atoms with E-state index in [0.29, 0.717) is 5.56 Å². The molecule has 0 saturated heterocycles. The summed E-state index contributed by atoms with van der Waals surface area (Å²) in [5.74, 6) is -0.465. The van der Waals surface area contributed by atoms with Gasteiger partial charge in [-0.3, -0.25) is 4.79 Å². The van der Waals surface area contributed by atoms with Crippen molar-refractivity contribution >= 4 is 5.97 Å². The molecule has 1 aromatic rings. The Labute approximate surface area is 83.0 Å². The molecule has 0 unspecified atom stereocenters. The predicted molar refractivity (Wildman–Crippen MR) is 53.5 cm³/mol. The van der Waals surface area contributed by atoms with Crippen LogP contribution in [0.2, 0.25) is 0 Å². The van der Waals surface area contributed by atoms with Crippen LogP contribution in [0.3, 0.4) is 0 Å². The second-order valence-electron chi connectivity index (χ2n) is 3.66. The maximum atomic E-state index is 10.5. The molecule has 0 saturated carbocycles. The molecule has 0 bridgehead atoms. The highest BCUT2D eigenvalue weighted by Crippen LogP contribution is 2.22. The first-order chi connectivity index (χ1) is 6.49. The molecule has 0 aliphatic carbocycles. The third-order valence-electron chi connectivity index (χ3n) is 2.02. The summed E-state index contributed by atoms with van der Waals surface area (Å²) >= 11 is 0. The van der Waals surface area contributed by atoms with E-state index in [1.807, 2.05) is 19.9 Å². The Hall–Kier alpha value is -1.51. The zero-order chi connectivity index (χ0) is 10.7. The Kier molecular flexibility index (Phi) is 3.12. The third-order valence-corrected chi connectivity index (χ3v) is 2.02. The minimum absolute atomic E-state index is 0.0475. The lowest BCUT2D eigenvalue weighted by molar-refractivity contribution is -0.136. The number of aromatic hydroxyl groups is 1. The molecular weight excluding hydrogens is 180 g/mol. The maximum Gasteiger partial charge on any atom is 0.307 e. The van der Waals surface area contributed by atoms with Crippen molar-refractivity contribution < 1.29 is 15.0 Å². The van der Waals surface area contributed by atoms with E-state index in [-0.39, 0.29) is 18.1 Å². The van der Waals surface area contributed by atoms with Crippen molar-refractivity contribution in [1.82, 2.24) is 0 Å². The molecule has 1 aromatic carbocycles. The molecule has 0 heterocycles. The second-order valence-corrected chi connectivity index (χ2v) is 3.66. The fourth-order valence-electron chi connectivity index (χ4n) is 1.31. The van der Waals surface area contributed by atoms with Crippen LogP contribution in [0.25, 0.3) is 0 Å². The van der Waals surface area contributed by atoms with Crippen molar-refractivity contribution in [3.8, 4) is 5.75 Å². The normalized spacial score (nSPS) is 10.5. The van der Waals surface area contributed by atoms with Crippen LogP contribution in [0.1, 0.15) is 30.9 Å². The summed E-state index contributed by atoms with van der Waals surface area (Å²) < 4.78 is 0. The summed E-state index contributed by atoms with van der Waals surface area (Å²) in [4.78, 5) is 10.5. The van der Waals surface area contributed by atoms with Crippen LogP contribution in [-0.2, 0) is 11.2 Å². The van der Waals surface area contributed by atoms with Gasteiger partial charge in [0.05, 0.1) is 6.42 Å². The molecule has 3 heteroatoms. The first-order valence-corrected chi connectivity index (χ1v) is 4.53. The number of carbonyl (C=O) groups is 1. The van der Waals surface area contributed by atoms with Crippen molar-refractivity contribution in [2.75, 3.05) is 0 Å². The van der Waals surface area contributed by atoms with Gasteiger partial charge in [0, 0.05) is 0 Å². The van der Waals surface area contributed by atoms with E-state index in [1.165, 1.54) is 6.07 Å². The molecule has 76 valence electrons. The Morgan fingerprint density at radius 3 is 2.50 bits per heavy atom. The number of carboxylic acid groups (broad SMARTS) is 1. The predicted octanol–water partition coefficient (Wildman–Crippen LogP) is 2.14. The molecule has 3 nitrogen and oxygen atoms in total. The van der Waals surface area contributed by atoms with Gasteiger partial charge in [-0.15, -0.1) is 0 Å². The Bertz CT molecular complexity index is 342. The number of carboxylic acids is 1. The molecule has 0 atom stereocenters. The fraction of sp³-hybridized carbons (Fsp3) is 0.364. The van der Waals surface area contributed by atoms with Crippen LogP contribution in [-0.4, -0.2) is 16.2 Å². The van der Waals surface area contributed by atoms with E-state index in [2.05, 4.69) is 0 Å². The lowest BCUT2D eigenvalue weighted by Crippen LogP contribution is -2.01. The van der Waals surface area contributed by atoms with E-state index < -0.39 is 5.97 Å². The lowest BCUT2D eigenvalue weighted by Gasteiger charge is -2.08. The molecule has 0 fully saturated rings. The highest BCUT2D eigenvalue weighted by molar-refractivity contribution is 5.70. The van der Waals surface area contributed by atoms with Crippen LogP contribution in [0.4, 0.5) is 0 Å². The average molecular weight is 194 g/mol. The van der Waals surface area contributed by atoms with Gasteiger partial charge in [0.25, 0.3) is 0 Å². The van der Waals surface area contributed by atoms with Crippen molar-refractivity contribution in [3.63, 3.8) is 0 Å². The number of phenols is 1. The fourth-order valence-corrected chi connectivity index (χ4v) is 1.31. The van der Waals surface area contributed by atoms with Crippen LogP contribution >= 0.6 is 0 Å². The molecule has 14 heavy (non-hydrogen) atoms. The molecule has 2 N–H and O–H groups in total. The SMILES string of the molecule is CC(C)c1cc(O)cc(CC(=O)O)c1. The minimum Gasteiger partial charge on any atom is -0.508 e. The van der Waals surface area contributed by atoms with Gasteiger partial charge in [-0.25, -0.2) is 0 Å². The van der Waals surface area contributed by atoms with E-state index >= 15 is 0 Å². The molecule has 0 aliphatic heterocycles. The first kappa shape index (κ1) is 10.6. The minimum atomic E-state index is -0.884. The lowest BCUT2D eigenvalue weighted by atomic mass is 9.99. The second kappa shape index (κ2) is 4.13. The standard InChI is InChI=1S/C11H14O3/c1-7(2)9-3-8(5-11(13)14)4-10(12)6-9/h3-4,6-7,12H,5H2,1-2H3,(H,13,14). The van der Waals surface area contributed by atoms with Crippen LogP contribution < -0.4 is 0 Å². The summed E-state index contributed by atoms with van der Waals surface area (Å²) in [6.07, 6.45) is -0.0475. The quantitative estimate of drug-likeness (QED) is 0.775. The van der Waals surface area contributed by atoms with E-state index in [0.717, 1.165) is 5.56 Å². The molecule has 0 spiro atoms. The Morgan fingerprint density at radius 2 is 2.00 bits per heavy atom. The van der Waals surface area contributed by atoms with Crippen molar-refractivity contribution in [1.29, 1.82) is 0 Å². The van der Waals surface area contributed by atoms with E-state index in [1.54, 1.807) is 6.07 Å². The number of benzene rings is 1. The zero-order valence-corrected chi connectivity index (χ0v) is 8.32. The number of rotatable bonds is 3. The third kappa shape index (κ3) is 2.76. The smallest absolute Gasteiger partial charge is 0.307 e. The molecule has 0 radical (unpaired) electrons. The Balaban J connectivity index is 3.01. The molecule has 0 amide bonds. The summed E-state index contributed by atoms with van der Waals surface area (Å²) in [5.41, 5.74) is 1.60. The number of hydrogen-bond acceptors (Lipinski definition) is 2. The van der Waals surface area contributed by atoms with Gasteiger partial charge in [-0.05, 0) is 29.2 Å². The van der Waals surface area contributed by atoms with Gasteiger partial charge in [0.15, 0.2) is 0 Å². The van der Waals surface area contributed by atoms with Crippen molar-refractivity contribution in [3.05, 3.63) is 29.3 Å². The number of phenolic OH excluding ortho intramolecular Hbond substituents is 1. The Morgan fingerprint density at radius 1 is 1.36 bits per heavy atom. The van der Waals surface area contributed by atoms with Crippen molar-refractivity contribution in [2.45, 2.75) is 26.2 Å². The summed E-state index contributed by atoms with van der Waals surface area (Å²) in [6, 6.07) is 4.97. The summed E-state index contributed by atoms with van der Waals surface area (Å²) in [5, 5.41) is 18.0. The average Bonchev–Trinajstić information content (AvgIpc) is 2.01. The van der Waals surface area contributed by atoms with Gasteiger partial charge < -0.3 is 10.2 Å². The molecule has 1 rings (SSSR count). The monoisotopic (exact) mass is 194 g/mol. The topological polar surface area (TPSA) is 57.5 Å². The maximum absolute atomic E-state index is 10.5. The van der Waals surface area contributed by atoms with E-state index in [4.69, 9.17) is 5.11 Å². The molecular formula is C11H14O3. The summed E-state index contributed by atoms with van der Waals surface area (Å²) in [6.45, 7) is 4.00. The largest absolute Gasteiger partial charge is 0.508 e. The first-order valence-electron chi connectivity index (χ1n) is 4.53. The van der Waals surface area contributed by atoms with Gasteiger partial charge in [0.2, 0.25) is 0 Å². The van der Waals surface area contributed by atoms with Crippen LogP contribution in [0.15, 0.2) is 18.2 Å². The number of aliphatic carboxylic acids is 1.